The largest absolute Gasteiger partial charge is 0.481 e. The molecule has 28 heavy (non-hydrogen) atoms. The molecule has 6 rings (SSSR count). The quantitative estimate of drug-likeness (QED) is 0.540. The van der Waals surface area contributed by atoms with Gasteiger partial charge in [0, 0.05) is 5.56 Å². The second kappa shape index (κ2) is 5.99. The number of ether oxygens (including phenoxy) is 1. The maximum atomic E-state index is 6.88. The molecule has 0 N–H and O–H groups in total. The lowest BCUT2D eigenvalue weighted by Crippen LogP contribution is -2.65. The second-order valence-corrected chi connectivity index (χ2v) is 10.9. The fraction of sp³-hybridized carbons (Fsp3) is 0.682. The zero-order valence-electron chi connectivity index (χ0n) is 17.4. The van der Waals surface area contributed by atoms with E-state index >= 15 is 0 Å². The van der Waals surface area contributed by atoms with Crippen LogP contribution < -0.4 is 0 Å². The summed E-state index contributed by atoms with van der Waals surface area (Å²) in [5.41, 5.74) is 1.85. The summed E-state index contributed by atoms with van der Waals surface area (Å²) in [7, 11) is -0.426. The van der Waals surface area contributed by atoms with Crippen molar-refractivity contribution in [3.8, 4) is 0 Å². The van der Waals surface area contributed by atoms with E-state index in [1.165, 1.54) is 6.42 Å². The fourth-order valence-corrected chi connectivity index (χ4v) is 6.00. The van der Waals surface area contributed by atoms with Crippen LogP contribution in [0.15, 0.2) is 29.3 Å². The summed E-state index contributed by atoms with van der Waals surface area (Å²) in [5.74, 6) is 1.95. The Morgan fingerprint density at radius 1 is 1.18 bits per heavy atom. The van der Waals surface area contributed by atoms with Gasteiger partial charge in [-0.25, -0.2) is 4.99 Å². The van der Waals surface area contributed by atoms with E-state index in [4.69, 9.17) is 25.6 Å². The molecule has 1 saturated heterocycles. The normalized spacial score (nSPS) is 38.3. The Hall–Kier alpha value is -1.04. The second-order valence-electron chi connectivity index (χ2n) is 10.4. The predicted octanol–water partition coefficient (Wildman–Crippen LogP) is 4.79. The highest BCUT2D eigenvalue weighted by atomic mass is 35.5. The summed E-state index contributed by atoms with van der Waals surface area (Å²) >= 11 is 6.88. The van der Waals surface area contributed by atoms with Crippen molar-refractivity contribution in [1.29, 1.82) is 0 Å². The van der Waals surface area contributed by atoms with Crippen molar-refractivity contribution in [2.75, 3.05) is 6.61 Å². The third-order valence-electron chi connectivity index (χ3n) is 7.63. The van der Waals surface area contributed by atoms with Gasteiger partial charge >= 0.3 is 7.12 Å². The molecule has 0 amide bonds. The number of alkyl halides is 1. The van der Waals surface area contributed by atoms with Crippen LogP contribution >= 0.6 is 11.6 Å². The number of rotatable bonds is 3. The molecule has 3 aliphatic carbocycles. The minimum absolute atomic E-state index is 0.141. The molecular weight excluding hydrogens is 373 g/mol. The van der Waals surface area contributed by atoms with E-state index in [1.54, 1.807) is 0 Å². The summed E-state index contributed by atoms with van der Waals surface area (Å²) in [4.78, 5) is 4.68. The Labute approximate surface area is 173 Å². The van der Waals surface area contributed by atoms with Gasteiger partial charge in [0.2, 0.25) is 5.90 Å². The van der Waals surface area contributed by atoms with E-state index in [0.29, 0.717) is 23.8 Å². The standard InChI is InChI=1S/C22H29BClNO3/c1-20(2)12-26-19(25-20)14-8-6-7-13(9-14)18(24)23-27-17-11-15-10-16(21(15,3)4)22(17,5)28-23/h6-9,15-18H,10-12H2,1-5H3/t15?,16?,17?,18-,22+/m1/s1. The SMILES string of the molecule is CC1(C)COC(c2cccc([C@@H](Cl)B3OC4CC5CC(C5(C)C)[C@]4(C)O3)c2)=N1. The van der Waals surface area contributed by atoms with Crippen LogP contribution in [0.25, 0.3) is 0 Å². The van der Waals surface area contributed by atoms with Crippen LogP contribution in [-0.4, -0.2) is 36.9 Å². The van der Waals surface area contributed by atoms with Crippen LogP contribution in [0, 0.1) is 17.3 Å². The number of hydrogen-bond donors (Lipinski definition) is 0. The number of nitrogens with zero attached hydrogens (tertiary/aromatic N) is 1. The fourth-order valence-electron chi connectivity index (χ4n) is 5.76. The van der Waals surface area contributed by atoms with Gasteiger partial charge in [-0.15, -0.1) is 11.6 Å². The zero-order chi connectivity index (χ0) is 19.9. The Morgan fingerprint density at radius 2 is 1.96 bits per heavy atom. The van der Waals surface area contributed by atoms with Gasteiger partial charge in [0.15, 0.2) is 0 Å². The topological polar surface area (TPSA) is 40.0 Å². The highest BCUT2D eigenvalue weighted by molar-refractivity contribution is 6.59. The number of hydrogen-bond acceptors (Lipinski definition) is 4. The van der Waals surface area contributed by atoms with Crippen LogP contribution in [-0.2, 0) is 14.0 Å². The van der Waals surface area contributed by atoms with E-state index < -0.39 is 7.12 Å². The van der Waals surface area contributed by atoms with Gasteiger partial charge in [0.1, 0.15) is 6.61 Å². The van der Waals surface area contributed by atoms with Crippen LogP contribution in [0.1, 0.15) is 63.9 Å². The zero-order valence-corrected chi connectivity index (χ0v) is 18.1. The highest BCUT2D eigenvalue weighted by Crippen LogP contribution is 2.66. The molecule has 3 saturated carbocycles. The number of aliphatic imine (C=N–C) groups is 1. The van der Waals surface area contributed by atoms with E-state index in [9.17, 15) is 0 Å². The molecule has 6 heteroatoms. The van der Waals surface area contributed by atoms with E-state index in [1.807, 2.05) is 18.2 Å². The maximum absolute atomic E-state index is 6.88. The molecule has 2 aliphatic heterocycles. The Bertz CT molecular complexity index is 841. The number of halogens is 1. The van der Waals surface area contributed by atoms with Crippen molar-refractivity contribution >= 4 is 24.6 Å². The molecule has 1 aromatic rings. The molecular formula is C22H29BClNO3. The third-order valence-corrected chi connectivity index (χ3v) is 8.08. The van der Waals surface area contributed by atoms with Gasteiger partial charge in [0.25, 0.3) is 0 Å². The minimum atomic E-state index is -0.426. The van der Waals surface area contributed by atoms with Crippen molar-refractivity contribution in [3.05, 3.63) is 35.4 Å². The molecule has 1 aromatic carbocycles. The first kappa shape index (κ1) is 19.0. The van der Waals surface area contributed by atoms with Crippen molar-refractivity contribution in [1.82, 2.24) is 0 Å². The van der Waals surface area contributed by atoms with Crippen molar-refractivity contribution in [2.45, 2.75) is 70.0 Å². The average Bonchev–Trinajstić information content (AvgIpc) is 3.19. The molecule has 5 atom stereocenters. The number of benzene rings is 1. The summed E-state index contributed by atoms with van der Waals surface area (Å²) in [6.45, 7) is 11.7. The molecule has 2 heterocycles. The minimum Gasteiger partial charge on any atom is -0.475 e. The molecule has 3 unspecified atom stereocenters. The van der Waals surface area contributed by atoms with Gasteiger partial charge in [-0.2, -0.15) is 0 Å². The third kappa shape index (κ3) is 2.69. The average molecular weight is 402 g/mol. The smallest absolute Gasteiger partial charge is 0.475 e. The Balaban J connectivity index is 1.37. The van der Waals surface area contributed by atoms with Crippen LogP contribution in [0.2, 0.25) is 0 Å². The van der Waals surface area contributed by atoms with Crippen molar-refractivity contribution in [2.24, 2.45) is 22.2 Å². The van der Waals surface area contributed by atoms with Gasteiger partial charge < -0.3 is 14.0 Å². The van der Waals surface area contributed by atoms with Crippen LogP contribution in [0.5, 0.6) is 0 Å². The van der Waals surface area contributed by atoms with Crippen molar-refractivity contribution < 1.29 is 14.0 Å². The van der Waals surface area contributed by atoms with Gasteiger partial charge in [0.05, 0.1) is 22.5 Å². The molecule has 0 radical (unpaired) electrons. The lowest BCUT2D eigenvalue weighted by Gasteiger charge is -2.64. The molecule has 4 nitrogen and oxygen atoms in total. The van der Waals surface area contributed by atoms with Crippen LogP contribution in [0.4, 0.5) is 0 Å². The summed E-state index contributed by atoms with van der Waals surface area (Å²) in [6, 6.07) is 8.10. The lowest BCUT2D eigenvalue weighted by atomic mass is 9.43. The predicted molar refractivity (Wildman–Crippen MR) is 112 cm³/mol. The van der Waals surface area contributed by atoms with Gasteiger partial charge in [-0.3, -0.25) is 0 Å². The molecule has 0 aromatic heterocycles. The lowest BCUT2D eigenvalue weighted by molar-refractivity contribution is -0.199. The van der Waals surface area contributed by atoms with E-state index in [-0.39, 0.29) is 22.5 Å². The van der Waals surface area contributed by atoms with E-state index in [0.717, 1.165) is 23.5 Å². The van der Waals surface area contributed by atoms with Crippen LogP contribution in [0.3, 0.4) is 0 Å². The maximum Gasteiger partial charge on any atom is 0.481 e. The molecule has 0 spiro atoms. The van der Waals surface area contributed by atoms with Crippen molar-refractivity contribution in [3.63, 3.8) is 0 Å². The molecule has 4 fully saturated rings. The first-order valence-corrected chi connectivity index (χ1v) is 10.8. The molecule has 5 aliphatic rings. The summed E-state index contributed by atoms with van der Waals surface area (Å²) in [6.07, 6.45) is 2.45. The Kier molecular flexibility index (Phi) is 4.06. The first-order valence-electron chi connectivity index (χ1n) is 10.4. The summed E-state index contributed by atoms with van der Waals surface area (Å²) < 4.78 is 18.7. The van der Waals surface area contributed by atoms with E-state index in [2.05, 4.69) is 45.7 Å². The van der Waals surface area contributed by atoms with Gasteiger partial charge in [-0.05, 0) is 68.6 Å². The highest BCUT2D eigenvalue weighted by Gasteiger charge is 2.68. The van der Waals surface area contributed by atoms with Gasteiger partial charge in [-0.1, -0.05) is 26.0 Å². The molecule has 150 valence electrons. The monoisotopic (exact) mass is 401 g/mol. The molecule has 2 bridgehead atoms. The summed E-state index contributed by atoms with van der Waals surface area (Å²) in [5, 5.41) is -0.363. The first-order chi connectivity index (χ1) is 13.1. The Morgan fingerprint density at radius 3 is 2.64 bits per heavy atom.